The number of hydrogen-bond donors (Lipinski definition) is 2. The molecule has 2 N–H and O–H groups in total. The monoisotopic (exact) mass is 465 g/mol. The number of rotatable bonds is 4. The normalized spacial score (nSPS) is 19.7. The first kappa shape index (κ1) is 21.9. The SMILES string of the molecule is COc1ccccc1N1CCN(C2=NC(C(=O)Nc3ccc4c(c3)OCCO4)CC(=O)N2)CC1. The number of carbonyl (C=O) groups is 2. The molecule has 0 bridgehead atoms. The van der Waals surface area contributed by atoms with Crippen molar-refractivity contribution in [3.8, 4) is 17.2 Å². The van der Waals surface area contributed by atoms with Crippen LogP contribution in [-0.2, 0) is 9.59 Å². The highest BCUT2D eigenvalue weighted by Crippen LogP contribution is 2.33. The summed E-state index contributed by atoms with van der Waals surface area (Å²) in [5.74, 6) is 1.95. The van der Waals surface area contributed by atoms with Gasteiger partial charge in [-0.3, -0.25) is 14.9 Å². The maximum atomic E-state index is 12.9. The summed E-state index contributed by atoms with van der Waals surface area (Å²) in [5.41, 5.74) is 1.61. The molecule has 10 heteroatoms. The van der Waals surface area contributed by atoms with Crippen molar-refractivity contribution in [2.75, 3.05) is 56.7 Å². The van der Waals surface area contributed by atoms with E-state index in [-0.39, 0.29) is 18.2 Å². The predicted octanol–water partition coefficient (Wildman–Crippen LogP) is 1.47. The molecule has 1 fully saturated rings. The molecule has 1 atom stereocenters. The van der Waals surface area contributed by atoms with Crippen molar-refractivity contribution in [2.45, 2.75) is 12.5 Å². The van der Waals surface area contributed by atoms with Crippen molar-refractivity contribution in [3.63, 3.8) is 0 Å². The van der Waals surface area contributed by atoms with Crippen molar-refractivity contribution < 1.29 is 23.8 Å². The summed E-state index contributed by atoms with van der Waals surface area (Å²) in [6.07, 6.45) is 0.00106. The van der Waals surface area contributed by atoms with E-state index >= 15 is 0 Å². The van der Waals surface area contributed by atoms with Crippen LogP contribution in [0.4, 0.5) is 11.4 Å². The molecule has 3 heterocycles. The second kappa shape index (κ2) is 9.50. The minimum atomic E-state index is -0.802. The van der Waals surface area contributed by atoms with E-state index in [1.807, 2.05) is 29.2 Å². The number of carbonyl (C=O) groups excluding carboxylic acids is 2. The Morgan fingerprint density at radius 2 is 1.79 bits per heavy atom. The number of nitrogens with one attached hydrogen (secondary N) is 2. The highest BCUT2D eigenvalue weighted by Gasteiger charge is 2.31. The van der Waals surface area contributed by atoms with Crippen LogP contribution in [0.2, 0.25) is 0 Å². The molecule has 0 radical (unpaired) electrons. The smallest absolute Gasteiger partial charge is 0.249 e. The number of piperazine rings is 1. The van der Waals surface area contributed by atoms with Gasteiger partial charge in [0.1, 0.15) is 25.0 Å². The average Bonchev–Trinajstić information content (AvgIpc) is 2.88. The number of anilines is 2. The lowest BCUT2D eigenvalue weighted by Crippen LogP contribution is -2.56. The highest BCUT2D eigenvalue weighted by molar-refractivity contribution is 6.06. The first-order valence-corrected chi connectivity index (χ1v) is 11.3. The number of hydrogen-bond acceptors (Lipinski definition) is 8. The van der Waals surface area contributed by atoms with Gasteiger partial charge in [0.15, 0.2) is 11.5 Å². The lowest BCUT2D eigenvalue weighted by Gasteiger charge is -2.39. The van der Waals surface area contributed by atoms with Gasteiger partial charge in [0.05, 0.1) is 19.2 Å². The Morgan fingerprint density at radius 3 is 2.59 bits per heavy atom. The third-order valence-corrected chi connectivity index (χ3v) is 6.03. The second-order valence-corrected chi connectivity index (χ2v) is 8.21. The van der Waals surface area contributed by atoms with Crippen LogP contribution in [0, 0.1) is 0 Å². The van der Waals surface area contributed by atoms with E-state index in [1.165, 1.54) is 0 Å². The molecule has 3 aliphatic rings. The van der Waals surface area contributed by atoms with Crippen LogP contribution in [0.5, 0.6) is 17.2 Å². The highest BCUT2D eigenvalue weighted by atomic mass is 16.6. The fourth-order valence-electron chi connectivity index (χ4n) is 4.29. The summed E-state index contributed by atoms with van der Waals surface area (Å²) in [7, 11) is 1.66. The average molecular weight is 466 g/mol. The zero-order chi connectivity index (χ0) is 23.5. The molecule has 0 aromatic heterocycles. The molecular formula is C24H27N5O5. The van der Waals surface area contributed by atoms with Crippen LogP contribution >= 0.6 is 0 Å². The molecule has 178 valence electrons. The topological polar surface area (TPSA) is 105 Å². The number of benzene rings is 2. The van der Waals surface area contributed by atoms with Gasteiger partial charge >= 0.3 is 0 Å². The van der Waals surface area contributed by atoms with Gasteiger partial charge in [-0.25, -0.2) is 4.99 Å². The van der Waals surface area contributed by atoms with Gasteiger partial charge in [-0.2, -0.15) is 0 Å². The van der Waals surface area contributed by atoms with E-state index in [9.17, 15) is 9.59 Å². The summed E-state index contributed by atoms with van der Waals surface area (Å²) >= 11 is 0. The van der Waals surface area contributed by atoms with Gasteiger partial charge in [-0.1, -0.05) is 12.1 Å². The van der Waals surface area contributed by atoms with Crippen molar-refractivity contribution in [2.24, 2.45) is 4.99 Å². The molecule has 0 spiro atoms. The van der Waals surface area contributed by atoms with Crippen LogP contribution in [-0.4, -0.2) is 75.2 Å². The van der Waals surface area contributed by atoms with Crippen LogP contribution in [0.1, 0.15) is 6.42 Å². The number of para-hydroxylation sites is 2. The van der Waals surface area contributed by atoms with Gasteiger partial charge in [-0.15, -0.1) is 0 Å². The minimum absolute atomic E-state index is 0.00106. The molecule has 3 aliphatic heterocycles. The Morgan fingerprint density at radius 1 is 1.06 bits per heavy atom. The molecule has 2 amide bonds. The molecule has 1 unspecified atom stereocenters. The molecular weight excluding hydrogens is 438 g/mol. The maximum Gasteiger partial charge on any atom is 0.249 e. The Labute approximate surface area is 197 Å². The van der Waals surface area contributed by atoms with Crippen LogP contribution in [0.3, 0.4) is 0 Å². The van der Waals surface area contributed by atoms with Crippen LogP contribution < -0.4 is 29.7 Å². The Bertz CT molecular complexity index is 1110. The third-order valence-electron chi connectivity index (χ3n) is 6.03. The number of guanidine groups is 1. The molecule has 0 saturated carbocycles. The Hall–Kier alpha value is -3.95. The summed E-state index contributed by atoms with van der Waals surface area (Å²) in [6, 6.07) is 12.3. The minimum Gasteiger partial charge on any atom is -0.495 e. The number of aliphatic imine (C=N–C) groups is 1. The fraction of sp³-hybridized carbons (Fsp3) is 0.375. The van der Waals surface area contributed by atoms with E-state index < -0.39 is 6.04 Å². The standard InChI is InChI=1S/C24H27N5O5/c1-32-19-5-3-2-4-18(19)28-8-10-29(11-9-28)24-26-17(15-22(30)27-24)23(31)25-16-6-7-20-21(14-16)34-13-12-33-20/h2-7,14,17H,8-13,15H2,1H3,(H,25,31)(H,26,27,30). The van der Waals surface area contributed by atoms with Gasteiger partial charge in [0, 0.05) is 37.9 Å². The maximum absolute atomic E-state index is 12.9. The molecule has 0 aliphatic carbocycles. The number of nitrogens with zero attached hydrogens (tertiary/aromatic N) is 3. The number of ether oxygens (including phenoxy) is 3. The van der Waals surface area contributed by atoms with Crippen LogP contribution in [0.25, 0.3) is 0 Å². The molecule has 10 nitrogen and oxygen atoms in total. The summed E-state index contributed by atoms with van der Waals surface area (Å²) in [5, 5.41) is 5.67. The Balaban J connectivity index is 1.24. The quantitative estimate of drug-likeness (QED) is 0.705. The van der Waals surface area contributed by atoms with Gasteiger partial charge in [0.25, 0.3) is 0 Å². The first-order chi connectivity index (χ1) is 16.6. The predicted molar refractivity (Wildman–Crippen MR) is 127 cm³/mol. The number of methoxy groups -OCH3 is 1. The zero-order valence-electron chi connectivity index (χ0n) is 19.0. The van der Waals surface area contributed by atoms with E-state index in [0.29, 0.717) is 49.4 Å². The number of fused-ring (bicyclic) bond motifs is 1. The lowest BCUT2D eigenvalue weighted by molar-refractivity contribution is -0.125. The fourth-order valence-corrected chi connectivity index (χ4v) is 4.29. The molecule has 1 saturated heterocycles. The van der Waals surface area contributed by atoms with E-state index in [0.717, 1.165) is 24.5 Å². The lowest BCUT2D eigenvalue weighted by atomic mass is 10.1. The summed E-state index contributed by atoms with van der Waals surface area (Å²) in [6.45, 7) is 3.76. The third kappa shape index (κ3) is 4.57. The molecule has 34 heavy (non-hydrogen) atoms. The summed E-state index contributed by atoms with van der Waals surface area (Å²) < 4.78 is 16.6. The molecule has 5 rings (SSSR count). The largest absolute Gasteiger partial charge is 0.495 e. The van der Waals surface area contributed by atoms with E-state index in [1.54, 1.807) is 25.3 Å². The van der Waals surface area contributed by atoms with E-state index in [2.05, 4.69) is 20.5 Å². The van der Waals surface area contributed by atoms with Crippen molar-refractivity contribution >= 4 is 29.1 Å². The van der Waals surface area contributed by atoms with Gasteiger partial charge < -0.3 is 29.3 Å². The zero-order valence-corrected chi connectivity index (χ0v) is 19.0. The van der Waals surface area contributed by atoms with E-state index in [4.69, 9.17) is 14.2 Å². The van der Waals surface area contributed by atoms with Crippen molar-refractivity contribution in [3.05, 3.63) is 42.5 Å². The molecule has 2 aromatic carbocycles. The van der Waals surface area contributed by atoms with Crippen molar-refractivity contribution in [1.29, 1.82) is 0 Å². The Kier molecular flexibility index (Phi) is 6.11. The van der Waals surface area contributed by atoms with Gasteiger partial charge in [0.2, 0.25) is 17.8 Å². The van der Waals surface area contributed by atoms with Gasteiger partial charge in [-0.05, 0) is 24.3 Å². The number of amides is 2. The van der Waals surface area contributed by atoms with Crippen molar-refractivity contribution in [1.82, 2.24) is 10.2 Å². The first-order valence-electron chi connectivity index (χ1n) is 11.3. The molecule has 2 aromatic rings. The van der Waals surface area contributed by atoms with Crippen LogP contribution in [0.15, 0.2) is 47.5 Å². The second-order valence-electron chi connectivity index (χ2n) is 8.21. The summed E-state index contributed by atoms with van der Waals surface area (Å²) in [4.78, 5) is 34.1.